The van der Waals surface area contributed by atoms with Crippen LogP contribution in [0.4, 0.5) is 0 Å². The number of hydrogen-bond acceptors (Lipinski definition) is 10. The van der Waals surface area contributed by atoms with Crippen LogP contribution in [-0.2, 0) is 28.5 Å². The second-order valence-electron chi connectivity index (χ2n) is 18.7. The van der Waals surface area contributed by atoms with Crippen LogP contribution in [0.25, 0.3) is 0 Å². The topological polar surface area (TPSA) is 152 Å². The first-order valence-electron chi connectivity index (χ1n) is 27.4. The van der Waals surface area contributed by atoms with Crippen molar-refractivity contribution in [1.82, 2.24) is 0 Å². The molecule has 388 valence electrons. The fraction of sp³-hybridized carbons (Fsp3) is 0.789. The smallest absolute Gasteiger partial charge is 0.306 e. The van der Waals surface area contributed by atoms with E-state index >= 15 is 0 Å². The monoisotopic (exact) mass is 945 g/mol. The van der Waals surface area contributed by atoms with Gasteiger partial charge in [-0.05, 0) is 51.4 Å². The maximum absolute atomic E-state index is 12.8. The van der Waals surface area contributed by atoms with Gasteiger partial charge in [0.1, 0.15) is 31.0 Å². The van der Waals surface area contributed by atoms with Crippen molar-refractivity contribution >= 4 is 11.9 Å². The van der Waals surface area contributed by atoms with Gasteiger partial charge in [-0.3, -0.25) is 9.59 Å². The first-order chi connectivity index (χ1) is 32.8. The van der Waals surface area contributed by atoms with Gasteiger partial charge in [-0.2, -0.15) is 0 Å². The zero-order valence-electron chi connectivity index (χ0n) is 42.6. The van der Waals surface area contributed by atoms with E-state index in [0.717, 1.165) is 44.9 Å². The Morgan fingerprint density at radius 3 is 1.31 bits per heavy atom. The van der Waals surface area contributed by atoms with Crippen molar-refractivity contribution in [3.05, 3.63) is 60.8 Å². The molecule has 0 bridgehead atoms. The molecule has 67 heavy (non-hydrogen) atoms. The summed E-state index contributed by atoms with van der Waals surface area (Å²) in [5, 5.41) is 40.2. The van der Waals surface area contributed by atoms with Crippen molar-refractivity contribution in [2.45, 2.75) is 269 Å². The number of carbonyl (C=O) groups is 2. The normalized spacial score (nSPS) is 19.5. The molecule has 4 N–H and O–H groups in total. The summed E-state index contributed by atoms with van der Waals surface area (Å²) >= 11 is 0. The number of hydrogen-bond donors (Lipinski definition) is 4. The fourth-order valence-corrected chi connectivity index (χ4v) is 8.11. The number of aliphatic hydroxyl groups is 4. The Kier molecular flexibility index (Phi) is 43.9. The maximum Gasteiger partial charge on any atom is 0.306 e. The van der Waals surface area contributed by atoms with Gasteiger partial charge >= 0.3 is 11.9 Å². The van der Waals surface area contributed by atoms with Crippen LogP contribution in [0.2, 0.25) is 0 Å². The van der Waals surface area contributed by atoms with Crippen LogP contribution >= 0.6 is 0 Å². The SMILES string of the molecule is CCCCC/C=C/C/C=C/C/C=C/C/C=C/C/C=C/CCC(=O)O[C@@H](COC(=O)CCCCCCCCCCCCCCCCCCCCCCCCC)CO[C@H]1O[C@@H](CO)[C@@H](O)C(O)C1O. The van der Waals surface area contributed by atoms with Crippen LogP contribution in [0.5, 0.6) is 0 Å². The zero-order chi connectivity index (χ0) is 48.7. The molecule has 0 aromatic carbocycles. The van der Waals surface area contributed by atoms with E-state index in [-0.39, 0.29) is 26.1 Å². The van der Waals surface area contributed by atoms with E-state index in [9.17, 15) is 30.0 Å². The molecule has 0 aliphatic carbocycles. The summed E-state index contributed by atoms with van der Waals surface area (Å²) in [6.07, 6.45) is 52.5. The zero-order valence-corrected chi connectivity index (χ0v) is 42.6. The highest BCUT2D eigenvalue weighted by atomic mass is 16.7. The molecule has 1 aliphatic rings. The molecule has 10 nitrogen and oxygen atoms in total. The summed E-state index contributed by atoms with van der Waals surface area (Å²) in [6.45, 7) is 3.36. The molecule has 0 aromatic rings. The summed E-state index contributed by atoms with van der Waals surface area (Å²) in [7, 11) is 0. The molecule has 1 rings (SSSR count). The Balaban J connectivity index is 2.26. The van der Waals surface area contributed by atoms with E-state index in [1.165, 1.54) is 154 Å². The minimum absolute atomic E-state index is 0.106. The molecule has 2 unspecified atom stereocenters. The standard InChI is InChI=1S/C57H100O10/c1-3-5-7-9-11-13-15-17-19-21-23-24-25-26-28-29-31-33-35-37-39-41-43-45-52(59)64-48-50(49-65-57-56(63)55(62)54(61)51(47-58)67-57)66-53(60)46-44-42-40-38-36-34-32-30-27-22-20-18-16-14-12-10-8-6-4-2/h12,14,18,20,27,30,34,36,40,42,50-51,54-58,61-63H,3-11,13,15-17,19,21-26,28-29,31-33,35,37-39,41,43-49H2,1-2H3/b14-12+,20-18+,30-27+,36-34+,42-40+/t50-,51-,54+,55?,56?,57-/m0/s1. The van der Waals surface area contributed by atoms with Crippen molar-refractivity contribution in [1.29, 1.82) is 0 Å². The van der Waals surface area contributed by atoms with Crippen molar-refractivity contribution < 1.29 is 49.0 Å². The van der Waals surface area contributed by atoms with E-state index in [1.807, 2.05) is 12.2 Å². The molecule has 0 amide bonds. The van der Waals surface area contributed by atoms with Crippen LogP contribution in [0, 0.1) is 0 Å². The third kappa shape index (κ3) is 37.9. The molecule has 0 saturated carbocycles. The first-order valence-corrected chi connectivity index (χ1v) is 27.4. The Morgan fingerprint density at radius 2 is 0.866 bits per heavy atom. The quantitative estimate of drug-likeness (QED) is 0.0264. The van der Waals surface area contributed by atoms with Gasteiger partial charge < -0.3 is 39.4 Å². The van der Waals surface area contributed by atoms with Gasteiger partial charge in [-0.15, -0.1) is 0 Å². The number of rotatable bonds is 46. The van der Waals surface area contributed by atoms with Crippen LogP contribution in [-0.4, -0.2) is 89.0 Å². The van der Waals surface area contributed by atoms with E-state index in [0.29, 0.717) is 6.42 Å². The molecule has 0 spiro atoms. The predicted molar refractivity (Wildman–Crippen MR) is 275 cm³/mol. The number of esters is 2. The molecular formula is C57H100O10. The molecular weight excluding hydrogens is 845 g/mol. The van der Waals surface area contributed by atoms with E-state index in [1.54, 1.807) is 0 Å². The lowest BCUT2D eigenvalue weighted by atomic mass is 9.99. The highest BCUT2D eigenvalue weighted by Gasteiger charge is 2.44. The van der Waals surface area contributed by atoms with Gasteiger partial charge in [0.2, 0.25) is 0 Å². The van der Waals surface area contributed by atoms with Gasteiger partial charge in [0.05, 0.1) is 13.2 Å². The molecule has 6 atom stereocenters. The molecule has 1 fully saturated rings. The average molecular weight is 945 g/mol. The van der Waals surface area contributed by atoms with Gasteiger partial charge in [0.25, 0.3) is 0 Å². The van der Waals surface area contributed by atoms with Crippen molar-refractivity contribution in [3.8, 4) is 0 Å². The lowest BCUT2D eigenvalue weighted by molar-refractivity contribution is -0.305. The maximum atomic E-state index is 12.8. The number of unbranched alkanes of at least 4 members (excludes halogenated alkanes) is 25. The van der Waals surface area contributed by atoms with E-state index in [4.69, 9.17) is 18.9 Å². The average Bonchev–Trinajstić information content (AvgIpc) is 3.33. The largest absolute Gasteiger partial charge is 0.462 e. The van der Waals surface area contributed by atoms with Crippen LogP contribution < -0.4 is 0 Å². The number of allylic oxidation sites excluding steroid dienone is 10. The summed E-state index contributed by atoms with van der Waals surface area (Å²) in [6, 6.07) is 0. The van der Waals surface area contributed by atoms with Crippen LogP contribution in [0.1, 0.15) is 232 Å². The lowest BCUT2D eigenvalue weighted by Gasteiger charge is -2.39. The second kappa shape index (κ2) is 47.1. The number of ether oxygens (including phenoxy) is 4. The lowest BCUT2D eigenvalue weighted by Crippen LogP contribution is -2.59. The van der Waals surface area contributed by atoms with Crippen molar-refractivity contribution in [2.24, 2.45) is 0 Å². The fourth-order valence-electron chi connectivity index (χ4n) is 8.11. The third-order valence-electron chi connectivity index (χ3n) is 12.4. The Bertz CT molecular complexity index is 1280. The van der Waals surface area contributed by atoms with Crippen molar-refractivity contribution in [3.63, 3.8) is 0 Å². The first kappa shape index (κ1) is 62.4. The molecule has 1 aliphatic heterocycles. The van der Waals surface area contributed by atoms with Gasteiger partial charge in [-0.25, -0.2) is 0 Å². The Morgan fingerprint density at radius 1 is 0.463 bits per heavy atom. The number of carbonyl (C=O) groups excluding carboxylic acids is 2. The summed E-state index contributed by atoms with van der Waals surface area (Å²) < 4.78 is 22.2. The summed E-state index contributed by atoms with van der Waals surface area (Å²) in [5.41, 5.74) is 0. The number of aliphatic hydroxyl groups excluding tert-OH is 4. The summed E-state index contributed by atoms with van der Waals surface area (Å²) in [4.78, 5) is 25.5. The molecule has 10 heteroatoms. The minimum atomic E-state index is -1.61. The minimum Gasteiger partial charge on any atom is -0.462 e. The van der Waals surface area contributed by atoms with Crippen LogP contribution in [0.15, 0.2) is 60.8 Å². The second-order valence-corrected chi connectivity index (χ2v) is 18.7. The molecule has 0 radical (unpaired) electrons. The molecule has 0 aromatic heterocycles. The predicted octanol–water partition coefficient (Wildman–Crippen LogP) is 13.3. The van der Waals surface area contributed by atoms with E-state index in [2.05, 4.69) is 62.5 Å². The Hall–Kier alpha value is -2.60. The van der Waals surface area contributed by atoms with Gasteiger partial charge in [0.15, 0.2) is 12.4 Å². The Labute approximate surface area is 409 Å². The van der Waals surface area contributed by atoms with Crippen molar-refractivity contribution in [2.75, 3.05) is 19.8 Å². The summed E-state index contributed by atoms with van der Waals surface area (Å²) in [5.74, 6) is -0.896. The molecule has 1 saturated heterocycles. The van der Waals surface area contributed by atoms with E-state index < -0.39 is 55.4 Å². The highest BCUT2D eigenvalue weighted by Crippen LogP contribution is 2.23. The highest BCUT2D eigenvalue weighted by molar-refractivity contribution is 5.70. The third-order valence-corrected chi connectivity index (χ3v) is 12.4. The van der Waals surface area contributed by atoms with Gasteiger partial charge in [0, 0.05) is 12.8 Å². The van der Waals surface area contributed by atoms with Crippen LogP contribution in [0.3, 0.4) is 0 Å². The molecule has 1 heterocycles. The van der Waals surface area contributed by atoms with Gasteiger partial charge in [-0.1, -0.05) is 229 Å².